The van der Waals surface area contributed by atoms with Crippen molar-refractivity contribution in [1.29, 1.82) is 0 Å². The van der Waals surface area contributed by atoms with Crippen LogP contribution in [0.1, 0.15) is 10.4 Å². The first-order chi connectivity index (χ1) is 15.7. The monoisotopic (exact) mass is 488 g/mol. The molecule has 0 saturated heterocycles. The third-order valence-electron chi connectivity index (χ3n) is 4.39. The van der Waals surface area contributed by atoms with E-state index < -0.39 is 28.5 Å². The summed E-state index contributed by atoms with van der Waals surface area (Å²) in [6, 6.07) is 19.0. The third kappa shape index (κ3) is 6.32. The summed E-state index contributed by atoms with van der Waals surface area (Å²) in [6.07, 6.45) is 0. The van der Waals surface area contributed by atoms with Crippen molar-refractivity contribution in [2.45, 2.75) is 4.90 Å². The van der Waals surface area contributed by atoms with E-state index in [-0.39, 0.29) is 10.5 Å². The Kier molecular flexibility index (Phi) is 7.70. The molecule has 3 aromatic rings. The van der Waals surface area contributed by atoms with Gasteiger partial charge in [0.25, 0.3) is 5.91 Å². The van der Waals surface area contributed by atoms with Crippen molar-refractivity contribution in [2.75, 3.05) is 26.0 Å². The molecule has 0 aliphatic carbocycles. The largest absolute Gasteiger partial charge is 0.456 e. The molecule has 0 bridgehead atoms. The summed E-state index contributed by atoms with van der Waals surface area (Å²) in [5, 5.41) is 3.08. The number of sulfonamides is 1. The van der Waals surface area contributed by atoms with E-state index in [4.69, 9.17) is 21.1 Å². The van der Waals surface area contributed by atoms with Crippen LogP contribution >= 0.6 is 11.6 Å². The van der Waals surface area contributed by atoms with Crippen molar-refractivity contribution in [3.63, 3.8) is 0 Å². The van der Waals surface area contributed by atoms with E-state index in [1.54, 1.807) is 48.5 Å². The van der Waals surface area contributed by atoms with E-state index in [0.717, 1.165) is 4.31 Å². The van der Waals surface area contributed by atoms with E-state index in [1.807, 2.05) is 0 Å². The van der Waals surface area contributed by atoms with Crippen LogP contribution in [0.4, 0.5) is 5.69 Å². The quantitative estimate of drug-likeness (QED) is 0.477. The minimum Gasteiger partial charge on any atom is -0.456 e. The number of ether oxygens (including phenoxy) is 2. The number of esters is 1. The van der Waals surface area contributed by atoms with Crippen molar-refractivity contribution >= 4 is 39.2 Å². The highest BCUT2D eigenvalue weighted by Gasteiger charge is 2.19. The van der Waals surface area contributed by atoms with Crippen LogP contribution in [0.25, 0.3) is 0 Å². The fraction of sp³-hybridized carbons (Fsp3) is 0.130. The van der Waals surface area contributed by atoms with E-state index in [9.17, 15) is 18.0 Å². The number of anilines is 1. The topological polar surface area (TPSA) is 102 Å². The Morgan fingerprint density at radius 2 is 1.67 bits per heavy atom. The molecule has 0 saturated carbocycles. The van der Waals surface area contributed by atoms with Gasteiger partial charge < -0.3 is 14.8 Å². The van der Waals surface area contributed by atoms with Gasteiger partial charge in [0.2, 0.25) is 10.0 Å². The van der Waals surface area contributed by atoms with E-state index >= 15 is 0 Å². The number of nitrogens with one attached hydrogen (secondary N) is 1. The van der Waals surface area contributed by atoms with Crippen molar-refractivity contribution in [2.24, 2.45) is 0 Å². The molecule has 1 N–H and O–H groups in total. The van der Waals surface area contributed by atoms with Gasteiger partial charge in [-0.25, -0.2) is 17.5 Å². The highest BCUT2D eigenvalue weighted by Crippen LogP contribution is 2.29. The lowest BCUT2D eigenvalue weighted by molar-refractivity contribution is -0.119. The van der Waals surface area contributed by atoms with Gasteiger partial charge in [-0.1, -0.05) is 29.8 Å². The smallest absolute Gasteiger partial charge is 0.338 e. The molecule has 0 heterocycles. The zero-order chi connectivity index (χ0) is 24.0. The third-order valence-corrected chi connectivity index (χ3v) is 6.51. The molecule has 33 heavy (non-hydrogen) atoms. The zero-order valence-electron chi connectivity index (χ0n) is 17.8. The number of carbonyl (C=O) groups is 2. The molecule has 10 heteroatoms. The molecule has 1 amide bonds. The van der Waals surface area contributed by atoms with E-state index in [0.29, 0.717) is 22.2 Å². The lowest BCUT2D eigenvalue weighted by atomic mass is 10.2. The van der Waals surface area contributed by atoms with Gasteiger partial charge in [-0.3, -0.25) is 4.79 Å². The first-order valence-electron chi connectivity index (χ1n) is 9.69. The van der Waals surface area contributed by atoms with Crippen molar-refractivity contribution in [3.05, 3.63) is 83.4 Å². The Labute approximate surface area is 196 Å². The first kappa shape index (κ1) is 24.2. The predicted molar refractivity (Wildman–Crippen MR) is 124 cm³/mol. The molecule has 0 aromatic heterocycles. The SMILES string of the molecule is CN(C)S(=O)(=O)c1cccc(C(=O)OCC(=O)Nc2ccc(Oc3ccccc3Cl)cc2)c1. The van der Waals surface area contributed by atoms with Crippen LogP contribution in [0.2, 0.25) is 5.02 Å². The van der Waals surface area contributed by atoms with Crippen molar-refractivity contribution in [3.8, 4) is 11.5 Å². The fourth-order valence-electron chi connectivity index (χ4n) is 2.67. The number of halogens is 1. The van der Waals surface area contributed by atoms with E-state index in [2.05, 4.69) is 5.32 Å². The Morgan fingerprint density at radius 3 is 2.33 bits per heavy atom. The van der Waals surface area contributed by atoms with Crippen LogP contribution in [0.15, 0.2) is 77.7 Å². The minimum absolute atomic E-state index is 0.0202. The average Bonchev–Trinajstić information content (AvgIpc) is 2.80. The Balaban J connectivity index is 1.55. The Morgan fingerprint density at radius 1 is 0.970 bits per heavy atom. The molecule has 0 atom stereocenters. The summed E-state index contributed by atoms with van der Waals surface area (Å²) in [7, 11) is -0.924. The van der Waals surface area contributed by atoms with Gasteiger partial charge in [0.05, 0.1) is 15.5 Å². The van der Waals surface area contributed by atoms with Gasteiger partial charge in [-0.05, 0) is 54.6 Å². The maximum atomic E-state index is 12.3. The molecule has 0 unspecified atom stereocenters. The molecule has 3 rings (SSSR count). The number of hydrogen-bond acceptors (Lipinski definition) is 6. The fourth-order valence-corrected chi connectivity index (χ4v) is 3.79. The van der Waals surface area contributed by atoms with Crippen molar-refractivity contribution in [1.82, 2.24) is 4.31 Å². The second-order valence-corrected chi connectivity index (χ2v) is 9.56. The predicted octanol–water partition coefficient (Wildman–Crippen LogP) is 4.18. The molecular weight excluding hydrogens is 468 g/mol. The molecule has 3 aromatic carbocycles. The van der Waals surface area contributed by atoms with Gasteiger partial charge in [-0.2, -0.15) is 0 Å². The number of nitrogens with zero attached hydrogens (tertiary/aromatic N) is 1. The number of rotatable bonds is 8. The number of para-hydroxylation sites is 1. The summed E-state index contributed by atoms with van der Waals surface area (Å²) in [5.74, 6) is -0.338. The number of hydrogen-bond donors (Lipinski definition) is 1. The maximum Gasteiger partial charge on any atom is 0.338 e. The summed E-state index contributed by atoms with van der Waals surface area (Å²) in [4.78, 5) is 24.4. The summed E-state index contributed by atoms with van der Waals surface area (Å²) >= 11 is 6.07. The average molecular weight is 489 g/mol. The lowest BCUT2D eigenvalue weighted by Gasteiger charge is -2.12. The van der Waals surface area contributed by atoms with Gasteiger partial charge in [0, 0.05) is 19.8 Å². The summed E-state index contributed by atoms with van der Waals surface area (Å²) in [5.41, 5.74) is 0.494. The Hall–Kier alpha value is -3.40. The molecule has 0 aliphatic rings. The summed E-state index contributed by atoms with van der Waals surface area (Å²) < 4.78 is 36.2. The second kappa shape index (κ2) is 10.5. The van der Waals surface area contributed by atoms with Gasteiger partial charge in [-0.15, -0.1) is 0 Å². The van der Waals surface area contributed by atoms with E-state index in [1.165, 1.54) is 38.4 Å². The minimum atomic E-state index is -3.70. The van der Waals surface area contributed by atoms with Crippen LogP contribution in [-0.2, 0) is 19.6 Å². The standard InChI is InChI=1S/C23H21ClN2O6S/c1-26(2)33(29,30)19-7-5-6-16(14-19)23(28)31-15-22(27)25-17-10-12-18(13-11-17)32-21-9-4-3-8-20(21)24/h3-14H,15H2,1-2H3,(H,25,27). The van der Waals surface area contributed by atoms with Crippen LogP contribution in [0.3, 0.4) is 0 Å². The zero-order valence-corrected chi connectivity index (χ0v) is 19.4. The van der Waals surface area contributed by atoms with Crippen LogP contribution < -0.4 is 10.1 Å². The lowest BCUT2D eigenvalue weighted by Crippen LogP contribution is -2.23. The summed E-state index contributed by atoms with van der Waals surface area (Å²) in [6.45, 7) is -0.540. The maximum absolute atomic E-state index is 12.3. The number of amides is 1. The number of benzene rings is 3. The molecule has 0 fully saturated rings. The molecule has 0 spiro atoms. The van der Waals surface area contributed by atoms with Crippen LogP contribution in [-0.4, -0.2) is 45.3 Å². The molecule has 8 nitrogen and oxygen atoms in total. The van der Waals surface area contributed by atoms with Gasteiger partial charge in [0.1, 0.15) is 11.5 Å². The second-order valence-electron chi connectivity index (χ2n) is 7.00. The molecular formula is C23H21ClN2O6S. The Bertz CT molecular complexity index is 1260. The molecule has 0 aliphatic heterocycles. The van der Waals surface area contributed by atoms with Gasteiger partial charge >= 0.3 is 5.97 Å². The highest BCUT2D eigenvalue weighted by atomic mass is 35.5. The molecule has 172 valence electrons. The van der Waals surface area contributed by atoms with Gasteiger partial charge in [0.15, 0.2) is 6.61 Å². The molecule has 0 radical (unpaired) electrons. The first-order valence-corrected chi connectivity index (χ1v) is 11.5. The normalized spacial score (nSPS) is 11.2. The highest BCUT2D eigenvalue weighted by molar-refractivity contribution is 7.89. The van der Waals surface area contributed by atoms with Crippen molar-refractivity contribution < 1.29 is 27.5 Å². The van der Waals surface area contributed by atoms with Crippen LogP contribution in [0.5, 0.6) is 11.5 Å². The number of carbonyl (C=O) groups excluding carboxylic acids is 2. The van der Waals surface area contributed by atoms with Crippen LogP contribution in [0, 0.1) is 0 Å².